The van der Waals surface area contributed by atoms with Crippen molar-refractivity contribution in [3.8, 4) is 0 Å². The van der Waals surface area contributed by atoms with E-state index in [0.29, 0.717) is 13.1 Å². The van der Waals surface area contributed by atoms with Gasteiger partial charge in [0.25, 0.3) is 0 Å². The maximum Gasteiger partial charge on any atom is 0.0860 e. The predicted octanol–water partition coefficient (Wildman–Crippen LogP) is 1.02. The lowest BCUT2D eigenvalue weighted by Crippen LogP contribution is -2.33. The molecule has 1 atom stereocenters. The van der Waals surface area contributed by atoms with Crippen LogP contribution in [0.1, 0.15) is 25.7 Å². The van der Waals surface area contributed by atoms with E-state index in [1.54, 1.807) is 10.9 Å². The second-order valence-corrected chi connectivity index (χ2v) is 4.69. The normalized spacial score (nSPS) is 19.1. The van der Waals surface area contributed by atoms with Crippen LogP contribution in [0.25, 0.3) is 0 Å². The van der Waals surface area contributed by atoms with Crippen LogP contribution >= 0.6 is 0 Å². The molecule has 2 N–H and O–H groups in total. The highest BCUT2D eigenvalue weighted by Gasteiger charge is 2.14. The Hall–Kier alpha value is -0.870. The Bertz CT molecular complexity index is 280. The number of nitrogens with one attached hydrogen (secondary N) is 1. The molecule has 1 saturated carbocycles. The zero-order valence-electron chi connectivity index (χ0n) is 9.68. The van der Waals surface area contributed by atoms with E-state index in [1.165, 1.54) is 25.7 Å². The van der Waals surface area contributed by atoms with Gasteiger partial charge in [0, 0.05) is 18.9 Å². The monoisotopic (exact) mass is 223 g/mol. The third kappa shape index (κ3) is 3.61. The standard InChI is InChI=1S/C12H21N3O/c16-12(10-15-7-3-6-14-15)9-13-8-11-4-1-2-5-11/h3,6-7,11-13,16H,1-2,4-5,8-10H2. The van der Waals surface area contributed by atoms with Gasteiger partial charge in [-0.25, -0.2) is 0 Å². The van der Waals surface area contributed by atoms with Crippen LogP contribution in [0.5, 0.6) is 0 Å². The first kappa shape index (κ1) is 11.6. The molecule has 1 unspecified atom stereocenters. The SMILES string of the molecule is OC(CNCC1CCCC1)Cn1cccn1. The van der Waals surface area contributed by atoms with Gasteiger partial charge in [0.1, 0.15) is 0 Å². The average molecular weight is 223 g/mol. The van der Waals surface area contributed by atoms with Crippen LogP contribution in [-0.4, -0.2) is 34.1 Å². The molecule has 2 rings (SSSR count). The minimum atomic E-state index is -0.346. The molecule has 4 nitrogen and oxygen atoms in total. The molecular formula is C12H21N3O. The lowest BCUT2D eigenvalue weighted by Gasteiger charge is -2.14. The summed E-state index contributed by atoms with van der Waals surface area (Å²) in [7, 11) is 0. The smallest absolute Gasteiger partial charge is 0.0860 e. The predicted molar refractivity (Wildman–Crippen MR) is 63.1 cm³/mol. The van der Waals surface area contributed by atoms with Gasteiger partial charge in [0.2, 0.25) is 0 Å². The second kappa shape index (κ2) is 6.01. The quantitative estimate of drug-likeness (QED) is 0.757. The molecule has 1 aromatic heterocycles. The van der Waals surface area contributed by atoms with Crippen LogP contribution in [0, 0.1) is 5.92 Å². The fraction of sp³-hybridized carbons (Fsp3) is 0.750. The molecule has 0 aliphatic heterocycles. The summed E-state index contributed by atoms with van der Waals surface area (Å²) < 4.78 is 1.77. The van der Waals surface area contributed by atoms with Gasteiger partial charge in [0.05, 0.1) is 12.6 Å². The van der Waals surface area contributed by atoms with Crippen molar-refractivity contribution in [3.63, 3.8) is 0 Å². The molecule has 1 aliphatic rings. The number of nitrogens with zero attached hydrogens (tertiary/aromatic N) is 2. The first-order valence-corrected chi connectivity index (χ1v) is 6.21. The van der Waals surface area contributed by atoms with Crippen LogP contribution in [0.4, 0.5) is 0 Å². The van der Waals surface area contributed by atoms with Crippen molar-refractivity contribution in [3.05, 3.63) is 18.5 Å². The number of aliphatic hydroxyl groups excluding tert-OH is 1. The van der Waals surface area contributed by atoms with E-state index in [0.717, 1.165) is 12.5 Å². The Kier molecular flexibility index (Phi) is 4.36. The van der Waals surface area contributed by atoms with Gasteiger partial charge in [-0.3, -0.25) is 4.68 Å². The van der Waals surface area contributed by atoms with Crippen LogP contribution in [-0.2, 0) is 6.54 Å². The molecule has 90 valence electrons. The number of rotatable bonds is 6. The molecule has 4 heteroatoms. The molecule has 0 spiro atoms. The Morgan fingerprint density at radius 1 is 1.44 bits per heavy atom. The molecule has 16 heavy (non-hydrogen) atoms. The summed E-state index contributed by atoms with van der Waals surface area (Å²) in [4.78, 5) is 0. The Morgan fingerprint density at radius 2 is 2.25 bits per heavy atom. The molecule has 1 aromatic rings. The summed E-state index contributed by atoms with van der Waals surface area (Å²) in [5.74, 6) is 0.830. The summed E-state index contributed by atoms with van der Waals surface area (Å²) in [6, 6.07) is 1.87. The van der Waals surface area contributed by atoms with Crippen molar-refractivity contribution in [1.29, 1.82) is 0 Å². The Morgan fingerprint density at radius 3 is 2.94 bits per heavy atom. The van der Waals surface area contributed by atoms with Crippen LogP contribution in [0.15, 0.2) is 18.5 Å². The van der Waals surface area contributed by atoms with E-state index in [9.17, 15) is 5.11 Å². The highest BCUT2D eigenvalue weighted by Crippen LogP contribution is 2.23. The fourth-order valence-electron chi connectivity index (χ4n) is 2.36. The highest BCUT2D eigenvalue weighted by atomic mass is 16.3. The van der Waals surface area contributed by atoms with E-state index in [2.05, 4.69) is 10.4 Å². The topological polar surface area (TPSA) is 50.1 Å². The molecule has 0 radical (unpaired) electrons. The van der Waals surface area contributed by atoms with Gasteiger partial charge < -0.3 is 10.4 Å². The molecule has 0 amide bonds. The van der Waals surface area contributed by atoms with Crippen LogP contribution < -0.4 is 5.32 Å². The maximum absolute atomic E-state index is 9.77. The summed E-state index contributed by atoms with van der Waals surface area (Å²) in [6.45, 7) is 2.29. The van der Waals surface area contributed by atoms with E-state index < -0.39 is 0 Å². The van der Waals surface area contributed by atoms with Gasteiger partial charge in [-0.15, -0.1) is 0 Å². The lowest BCUT2D eigenvalue weighted by atomic mass is 10.1. The zero-order valence-corrected chi connectivity index (χ0v) is 9.68. The van der Waals surface area contributed by atoms with Crippen molar-refractivity contribution in [2.24, 2.45) is 5.92 Å². The third-order valence-electron chi connectivity index (χ3n) is 3.24. The minimum Gasteiger partial charge on any atom is -0.390 e. The van der Waals surface area contributed by atoms with Crippen molar-refractivity contribution in [2.75, 3.05) is 13.1 Å². The lowest BCUT2D eigenvalue weighted by molar-refractivity contribution is 0.145. The van der Waals surface area contributed by atoms with Crippen molar-refractivity contribution < 1.29 is 5.11 Å². The van der Waals surface area contributed by atoms with E-state index in [-0.39, 0.29) is 6.10 Å². The van der Waals surface area contributed by atoms with Crippen molar-refractivity contribution in [1.82, 2.24) is 15.1 Å². The van der Waals surface area contributed by atoms with Crippen molar-refractivity contribution in [2.45, 2.75) is 38.3 Å². The maximum atomic E-state index is 9.77. The van der Waals surface area contributed by atoms with E-state index in [4.69, 9.17) is 0 Å². The molecule has 1 heterocycles. The molecule has 1 fully saturated rings. The van der Waals surface area contributed by atoms with Crippen LogP contribution in [0.2, 0.25) is 0 Å². The second-order valence-electron chi connectivity index (χ2n) is 4.69. The molecule has 0 bridgehead atoms. The average Bonchev–Trinajstić information content (AvgIpc) is 2.90. The molecule has 0 saturated heterocycles. The van der Waals surface area contributed by atoms with E-state index in [1.807, 2.05) is 12.3 Å². The number of hydrogen-bond donors (Lipinski definition) is 2. The molecule has 1 aliphatic carbocycles. The fourth-order valence-corrected chi connectivity index (χ4v) is 2.36. The summed E-state index contributed by atoms with van der Waals surface area (Å²) in [5.41, 5.74) is 0. The van der Waals surface area contributed by atoms with E-state index >= 15 is 0 Å². The van der Waals surface area contributed by atoms with Crippen molar-refractivity contribution >= 4 is 0 Å². The van der Waals surface area contributed by atoms with Gasteiger partial charge in [0.15, 0.2) is 0 Å². The summed E-state index contributed by atoms with van der Waals surface area (Å²) in [6.07, 6.45) is 8.72. The van der Waals surface area contributed by atoms with Gasteiger partial charge >= 0.3 is 0 Å². The molecule has 0 aromatic carbocycles. The molecular weight excluding hydrogens is 202 g/mol. The van der Waals surface area contributed by atoms with Crippen LogP contribution in [0.3, 0.4) is 0 Å². The zero-order chi connectivity index (χ0) is 11.2. The number of aromatic nitrogens is 2. The van der Waals surface area contributed by atoms with Gasteiger partial charge in [-0.1, -0.05) is 12.8 Å². The van der Waals surface area contributed by atoms with Gasteiger partial charge in [-0.2, -0.15) is 5.10 Å². The summed E-state index contributed by atoms with van der Waals surface area (Å²) in [5, 5.41) is 17.2. The minimum absolute atomic E-state index is 0.346. The summed E-state index contributed by atoms with van der Waals surface area (Å²) >= 11 is 0. The first-order chi connectivity index (χ1) is 7.84. The third-order valence-corrected chi connectivity index (χ3v) is 3.24. The Labute approximate surface area is 96.7 Å². The first-order valence-electron chi connectivity index (χ1n) is 6.21. The largest absolute Gasteiger partial charge is 0.390 e. The van der Waals surface area contributed by atoms with Gasteiger partial charge in [-0.05, 0) is 31.4 Å². The highest BCUT2D eigenvalue weighted by molar-refractivity contribution is 4.79. The number of aliphatic hydroxyl groups is 1. The Balaban J connectivity index is 1.58. The number of hydrogen-bond acceptors (Lipinski definition) is 3.